The summed E-state index contributed by atoms with van der Waals surface area (Å²) in [6.45, 7) is 4.98. The van der Waals surface area contributed by atoms with Crippen molar-refractivity contribution < 1.29 is 4.79 Å². The fourth-order valence-corrected chi connectivity index (χ4v) is 3.33. The number of aromatic nitrogens is 3. The van der Waals surface area contributed by atoms with E-state index in [-0.39, 0.29) is 11.7 Å². The monoisotopic (exact) mass is 372 g/mol. The average Bonchev–Trinajstić information content (AvgIpc) is 2.91. The first-order chi connectivity index (χ1) is 11.1. The zero-order valence-electron chi connectivity index (χ0n) is 13.0. The first kappa shape index (κ1) is 18.1. The molecule has 0 unspecified atom stereocenters. The summed E-state index contributed by atoms with van der Waals surface area (Å²) in [5, 5.41) is 12.6. The van der Waals surface area contributed by atoms with Crippen molar-refractivity contribution in [1.82, 2.24) is 14.8 Å². The van der Waals surface area contributed by atoms with Crippen LogP contribution in [0.5, 0.6) is 0 Å². The molecule has 2 aromatic rings. The van der Waals surface area contributed by atoms with Crippen LogP contribution in [-0.2, 0) is 17.8 Å². The topological polar surface area (TPSA) is 59.8 Å². The number of carbonyl (C=O) groups excluding carboxylic acids is 1. The van der Waals surface area contributed by atoms with Crippen molar-refractivity contribution in [2.45, 2.75) is 38.4 Å². The predicted octanol–water partition coefficient (Wildman–Crippen LogP) is 4.29. The van der Waals surface area contributed by atoms with Gasteiger partial charge < -0.3 is 9.88 Å². The Kier molecular flexibility index (Phi) is 6.74. The van der Waals surface area contributed by atoms with Crippen molar-refractivity contribution >= 4 is 46.6 Å². The van der Waals surface area contributed by atoms with E-state index in [0.29, 0.717) is 15.7 Å². The molecule has 1 aromatic heterocycles. The summed E-state index contributed by atoms with van der Waals surface area (Å²) in [4.78, 5) is 12.1. The maximum absolute atomic E-state index is 12.1. The largest absolute Gasteiger partial charge is 0.323 e. The maximum atomic E-state index is 12.1. The van der Waals surface area contributed by atoms with Crippen LogP contribution in [0.4, 0.5) is 5.69 Å². The minimum Gasteiger partial charge on any atom is -0.323 e. The summed E-state index contributed by atoms with van der Waals surface area (Å²) < 4.78 is 2.06. The number of aryl methyl sites for hydroxylation is 1. The fraction of sp³-hybridized carbons (Fsp3) is 0.400. The van der Waals surface area contributed by atoms with Gasteiger partial charge in [0.15, 0.2) is 5.16 Å². The Morgan fingerprint density at radius 1 is 1.26 bits per heavy atom. The highest BCUT2D eigenvalue weighted by molar-refractivity contribution is 7.99. The third-order valence-electron chi connectivity index (χ3n) is 3.12. The van der Waals surface area contributed by atoms with Crippen LogP contribution in [0.3, 0.4) is 0 Å². The number of thioether (sulfide) groups is 1. The number of amides is 1. The van der Waals surface area contributed by atoms with E-state index in [0.717, 1.165) is 30.4 Å². The molecule has 0 saturated carbocycles. The third kappa shape index (κ3) is 4.62. The normalized spacial score (nSPS) is 10.8. The molecule has 1 amide bonds. The van der Waals surface area contributed by atoms with Gasteiger partial charge in [0.05, 0.1) is 21.5 Å². The van der Waals surface area contributed by atoms with Gasteiger partial charge in [-0.15, -0.1) is 10.2 Å². The second-order valence-electron chi connectivity index (χ2n) is 4.84. The van der Waals surface area contributed by atoms with E-state index >= 15 is 0 Å². The van der Waals surface area contributed by atoms with Gasteiger partial charge in [0, 0.05) is 13.0 Å². The molecule has 1 heterocycles. The van der Waals surface area contributed by atoms with Crippen molar-refractivity contribution in [1.29, 1.82) is 0 Å². The van der Waals surface area contributed by atoms with Gasteiger partial charge in [-0.25, -0.2) is 0 Å². The number of halogens is 2. The van der Waals surface area contributed by atoms with Crippen molar-refractivity contribution in [3.8, 4) is 0 Å². The van der Waals surface area contributed by atoms with E-state index in [9.17, 15) is 4.79 Å². The summed E-state index contributed by atoms with van der Waals surface area (Å²) in [5.41, 5.74) is 0.436. The van der Waals surface area contributed by atoms with Crippen LogP contribution < -0.4 is 5.32 Å². The quantitative estimate of drug-likeness (QED) is 0.736. The second-order valence-corrected chi connectivity index (χ2v) is 6.59. The lowest BCUT2D eigenvalue weighted by Crippen LogP contribution is -2.15. The molecule has 124 valence electrons. The van der Waals surface area contributed by atoms with Crippen LogP contribution in [0.25, 0.3) is 0 Å². The molecule has 0 fully saturated rings. The van der Waals surface area contributed by atoms with Gasteiger partial charge in [-0.3, -0.25) is 4.79 Å². The Morgan fingerprint density at radius 2 is 1.96 bits per heavy atom. The van der Waals surface area contributed by atoms with Crippen LogP contribution in [-0.4, -0.2) is 26.4 Å². The minimum absolute atomic E-state index is 0.186. The molecule has 1 aromatic carbocycles. The van der Waals surface area contributed by atoms with Crippen LogP contribution in [0.1, 0.15) is 26.1 Å². The third-order valence-corrected chi connectivity index (χ3v) is 4.71. The second kappa shape index (κ2) is 8.57. The first-order valence-electron chi connectivity index (χ1n) is 7.35. The van der Waals surface area contributed by atoms with Gasteiger partial charge in [-0.2, -0.15) is 0 Å². The molecular formula is C15H18Cl2N4OS. The lowest BCUT2D eigenvalue weighted by molar-refractivity contribution is -0.113. The van der Waals surface area contributed by atoms with Crippen molar-refractivity contribution in [3.05, 3.63) is 34.1 Å². The van der Waals surface area contributed by atoms with E-state index in [2.05, 4.69) is 27.0 Å². The molecule has 8 heteroatoms. The number of carbonyl (C=O) groups is 1. The molecule has 0 spiro atoms. The number of nitrogens with one attached hydrogen (secondary N) is 1. The molecule has 5 nitrogen and oxygen atoms in total. The van der Waals surface area contributed by atoms with Crippen LogP contribution in [0, 0.1) is 0 Å². The summed E-state index contributed by atoms with van der Waals surface area (Å²) in [5.74, 6) is 0.964. The molecule has 0 bridgehead atoms. The minimum atomic E-state index is -0.186. The van der Waals surface area contributed by atoms with Gasteiger partial charge in [0.2, 0.25) is 5.91 Å². The fourth-order valence-electron chi connectivity index (χ4n) is 2.06. The first-order valence-corrected chi connectivity index (χ1v) is 9.09. The van der Waals surface area contributed by atoms with E-state index in [1.807, 2.05) is 6.92 Å². The highest BCUT2D eigenvalue weighted by Crippen LogP contribution is 2.30. The van der Waals surface area contributed by atoms with Gasteiger partial charge in [0.25, 0.3) is 0 Å². The highest BCUT2D eigenvalue weighted by atomic mass is 35.5. The van der Waals surface area contributed by atoms with Crippen molar-refractivity contribution in [2.75, 3.05) is 11.1 Å². The van der Waals surface area contributed by atoms with Gasteiger partial charge in [-0.05, 0) is 18.6 Å². The summed E-state index contributed by atoms with van der Waals surface area (Å²) in [7, 11) is 0. The van der Waals surface area contributed by atoms with Gasteiger partial charge in [0.1, 0.15) is 5.82 Å². The smallest absolute Gasteiger partial charge is 0.234 e. The van der Waals surface area contributed by atoms with Crippen LogP contribution in [0.2, 0.25) is 10.0 Å². The molecule has 0 saturated heterocycles. The molecule has 1 N–H and O–H groups in total. The number of para-hydroxylation sites is 1. The van der Waals surface area contributed by atoms with E-state index < -0.39 is 0 Å². The zero-order valence-corrected chi connectivity index (χ0v) is 15.3. The number of hydrogen-bond acceptors (Lipinski definition) is 4. The predicted molar refractivity (Wildman–Crippen MR) is 95.5 cm³/mol. The average molecular weight is 373 g/mol. The van der Waals surface area contributed by atoms with E-state index in [1.165, 1.54) is 11.8 Å². The lowest BCUT2D eigenvalue weighted by Gasteiger charge is -2.10. The standard InChI is InChI=1S/C15H18Cl2N4OS/c1-3-8-21-12(4-2)19-20-15(21)23-9-13(22)18-14-10(16)6-5-7-11(14)17/h5-7H,3-4,8-9H2,1-2H3,(H,18,22). The highest BCUT2D eigenvalue weighted by Gasteiger charge is 2.14. The Labute approximate surface area is 149 Å². The number of rotatable bonds is 7. The summed E-state index contributed by atoms with van der Waals surface area (Å²) >= 11 is 13.4. The van der Waals surface area contributed by atoms with Crippen LogP contribution >= 0.6 is 35.0 Å². The molecular weight excluding hydrogens is 355 g/mol. The Balaban J connectivity index is 2.01. The molecule has 23 heavy (non-hydrogen) atoms. The lowest BCUT2D eigenvalue weighted by atomic mass is 10.3. The molecule has 0 radical (unpaired) electrons. The number of benzene rings is 1. The number of hydrogen-bond donors (Lipinski definition) is 1. The van der Waals surface area contributed by atoms with Gasteiger partial charge >= 0.3 is 0 Å². The zero-order chi connectivity index (χ0) is 16.8. The molecule has 0 aliphatic rings. The Hall–Kier alpha value is -1.24. The number of nitrogens with zero attached hydrogens (tertiary/aromatic N) is 3. The molecule has 0 aliphatic heterocycles. The summed E-state index contributed by atoms with van der Waals surface area (Å²) in [6.07, 6.45) is 1.80. The van der Waals surface area contributed by atoms with E-state index in [4.69, 9.17) is 23.2 Å². The van der Waals surface area contributed by atoms with Crippen molar-refractivity contribution in [3.63, 3.8) is 0 Å². The number of anilines is 1. The van der Waals surface area contributed by atoms with Crippen LogP contribution in [0.15, 0.2) is 23.4 Å². The Morgan fingerprint density at radius 3 is 2.57 bits per heavy atom. The molecule has 2 rings (SSSR count). The Bertz CT molecular complexity index is 670. The summed E-state index contributed by atoms with van der Waals surface area (Å²) in [6, 6.07) is 5.10. The van der Waals surface area contributed by atoms with Gasteiger partial charge in [-0.1, -0.05) is 54.9 Å². The van der Waals surface area contributed by atoms with Crippen molar-refractivity contribution in [2.24, 2.45) is 0 Å². The molecule has 0 aliphatic carbocycles. The maximum Gasteiger partial charge on any atom is 0.234 e. The van der Waals surface area contributed by atoms with E-state index in [1.54, 1.807) is 18.2 Å². The SMILES string of the molecule is CCCn1c(CC)nnc1SCC(=O)Nc1c(Cl)cccc1Cl. The molecule has 0 atom stereocenters.